The summed E-state index contributed by atoms with van der Waals surface area (Å²) in [6.07, 6.45) is -4.27. The average molecular weight is 208 g/mol. The van der Waals surface area contributed by atoms with Gasteiger partial charge in [-0.1, -0.05) is 0 Å². The monoisotopic (exact) mass is 208 g/mol. The molecule has 0 bridgehead atoms. The van der Waals surface area contributed by atoms with Crippen LogP contribution < -0.4 is 0 Å². The number of halogens is 3. The number of rotatable bonds is 3. The molecule has 0 aromatic carbocycles. The van der Waals surface area contributed by atoms with Gasteiger partial charge in [0.05, 0.1) is 12.3 Å². The number of nitrogens with zero attached hydrogens (tertiary/aromatic N) is 2. The van der Waals surface area contributed by atoms with Gasteiger partial charge >= 0.3 is 6.18 Å². The Morgan fingerprint density at radius 2 is 2.14 bits per heavy atom. The molecule has 14 heavy (non-hydrogen) atoms. The number of hydrogen-bond acceptors (Lipinski definition) is 2. The van der Waals surface area contributed by atoms with Crippen LogP contribution in [0.25, 0.3) is 0 Å². The van der Waals surface area contributed by atoms with Gasteiger partial charge < -0.3 is 4.74 Å². The van der Waals surface area contributed by atoms with E-state index in [1.54, 1.807) is 17.8 Å². The number of aromatic nitrogens is 2. The molecule has 0 saturated heterocycles. The minimum absolute atomic E-state index is 0.110. The van der Waals surface area contributed by atoms with Crippen LogP contribution in [0.5, 0.6) is 0 Å². The highest BCUT2D eigenvalue weighted by Crippen LogP contribution is 2.15. The highest BCUT2D eigenvalue weighted by molar-refractivity contribution is 5.07. The third-order valence-electron chi connectivity index (χ3n) is 1.68. The van der Waals surface area contributed by atoms with Crippen LogP contribution in [0.15, 0.2) is 6.07 Å². The van der Waals surface area contributed by atoms with Crippen molar-refractivity contribution in [3.8, 4) is 0 Å². The normalized spacial score (nSPS) is 12.1. The standard InChI is InChI=1S/C8H11F3N2O/c1-6-3-7(12-13(6)2)4-14-5-8(9,10)11/h3H,4-5H2,1-2H3. The van der Waals surface area contributed by atoms with Crippen molar-refractivity contribution in [2.45, 2.75) is 19.7 Å². The van der Waals surface area contributed by atoms with E-state index in [0.29, 0.717) is 5.69 Å². The highest BCUT2D eigenvalue weighted by atomic mass is 19.4. The summed E-state index contributed by atoms with van der Waals surface area (Å²) in [7, 11) is 1.72. The van der Waals surface area contributed by atoms with Crippen molar-refractivity contribution in [2.24, 2.45) is 7.05 Å². The average Bonchev–Trinajstić information content (AvgIpc) is 2.28. The minimum atomic E-state index is -4.27. The minimum Gasteiger partial charge on any atom is -0.366 e. The van der Waals surface area contributed by atoms with Crippen LogP contribution in [0, 0.1) is 6.92 Å². The smallest absolute Gasteiger partial charge is 0.366 e. The molecule has 1 rings (SSSR count). The van der Waals surface area contributed by atoms with Crippen molar-refractivity contribution in [1.82, 2.24) is 9.78 Å². The zero-order valence-electron chi connectivity index (χ0n) is 7.93. The van der Waals surface area contributed by atoms with E-state index in [0.717, 1.165) is 5.69 Å². The van der Waals surface area contributed by atoms with Crippen LogP contribution in [0.2, 0.25) is 0 Å². The van der Waals surface area contributed by atoms with E-state index in [1.807, 2.05) is 6.92 Å². The Labute approximate surface area is 79.5 Å². The lowest BCUT2D eigenvalue weighted by atomic mass is 10.4. The van der Waals surface area contributed by atoms with Gasteiger partial charge in [0.1, 0.15) is 6.61 Å². The summed E-state index contributed by atoms with van der Waals surface area (Å²) in [5.41, 5.74) is 1.39. The van der Waals surface area contributed by atoms with Crippen molar-refractivity contribution in [2.75, 3.05) is 6.61 Å². The summed E-state index contributed by atoms with van der Waals surface area (Å²) in [4.78, 5) is 0. The molecule has 80 valence electrons. The molecule has 0 N–H and O–H groups in total. The molecule has 6 heteroatoms. The van der Waals surface area contributed by atoms with E-state index < -0.39 is 12.8 Å². The second-order valence-electron chi connectivity index (χ2n) is 3.01. The molecule has 0 radical (unpaired) electrons. The molecule has 0 fully saturated rings. The Kier molecular flexibility index (Phi) is 3.15. The molecular weight excluding hydrogens is 197 g/mol. The van der Waals surface area contributed by atoms with Crippen molar-refractivity contribution in [1.29, 1.82) is 0 Å². The SMILES string of the molecule is Cc1cc(COCC(F)(F)F)nn1C. The first-order chi connectivity index (χ1) is 6.38. The van der Waals surface area contributed by atoms with E-state index in [2.05, 4.69) is 9.84 Å². The predicted molar refractivity (Wildman–Crippen MR) is 43.7 cm³/mol. The van der Waals surface area contributed by atoms with E-state index in [4.69, 9.17) is 0 Å². The zero-order valence-corrected chi connectivity index (χ0v) is 7.93. The molecule has 0 aliphatic heterocycles. The molecule has 1 aromatic heterocycles. The van der Waals surface area contributed by atoms with Crippen molar-refractivity contribution >= 4 is 0 Å². The van der Waals surface area contributed by atoms with Crippen molar-refractivity contribution in [3.63, 3.8) is 0 Å². The van der Waals surface area contributed by atoms with Crippen LogP contribution >= 0.6 is 0 Å². The van der Waals surface area contributed by atoms with E-state index >= 15 is 0 Å². The van der Waals surface area contributed by atoms with Gasteiger partial charge in [-0.15, -0.1) is 0 Å². The molecule has 1 aromatic rings. The van der Waals surface area contributed by atoms with Gasteiger partial charge in [0.25, 0.3) is 0 Å². The van der Waals surface area contributed by atoms with Crippen LogP contribution in [0.1, 0.15) is 11.4 Å². The van der Waals surface area contributed by atoms with Crippen LogP contribution in [0.4, 0.5) is 13.2 Å². The number of ether oxygens (including phenoxy) is 1. The molecule has 0 spiro atoms. The molecule has 0 amide bonds. The topological polar surface area (TPSA) is 27.1 Å². The molecule has 1 heterocycles. The molecule has 0 saturated carbocycles. The first-order valence-corrected chi connectivity index (χ1v) is 4.02. The van der Waals surface area contributed by atoms with Gasteiger partial charge in [-0.05, 0) is 13.0 Å². The molecular formula is C8H11F3N2O. The van der Waals surface area contributed by atoms with Gasteiger partial charge in [-0.2, -0.15) is 18.3 Å². The van der Waals surface area contributed by atoms with E-state index in [-0.39, 0.29) is 6.61 Å². The van der Waals surface area contributed by atoms with Crippen LogP contribution in [-0.4, -0.2) is 22.6 Å². The summed E-state index contributed by atoms with van der Waals surface area (Å²) in [6, 6.07) is 1.69. The van der Waals surface area contributed by atoms with E-state index in [1.165, 1.54) is 0 Å². The Balaban J connectivity index is 2.39. The Morgan fingerprint density at radius 1 is 1.50 bits per heavy atom. The Morgan fingerprint density at radius 3 is 2.57 bits per heavy atom. The van der Waals surface area contributed by atoms with Gasteiger partial charge in [-0.3, -0.25) is 4.68 Å². The second kappa shape index (κ2) is 4.00. The fraction of sp³-hybridized carbons (Fsp3) is 0.625. The third-order valence-corrected chi connectivity index (χ3v) is 1.68. The summed E-state index contributed by atoms with van der Waals surface area (Å²) in [5, 5.41) is 3.95. The Hall–Kier alpha value is -1.04. The van der Waals surface area contributed by atoms with Crippen LogP contribution in [-0.2, 0) is 18.4 Å². The largest absolute Gasteiger partial charge is 0.411 e. The molecule has 0 atom stereocenters. The van der Waals surface area contributed by atoms with Gasteiger partial charge in [0.2, 0.25) is 0 Å². The Bertz CT molecular complexity index is 287. The summed E-state index contributed by atoms with van der Waals surface area (Å²) in [6.45, 7) is 0.476. The maximum Gasteiger partial charge on any atom is 0.411 e. The molecule has 0 aliphatic carbocycles. The third kappa shape index (κ3) is 3.37. The van der Waals surface area contributed by atoms with Gasteiger partial charge in [0, 0.05) is 12.7 Å². The number of hydrogen-bond donors (Lipinski definition) is 0. The van der Waals surface area contributed by atoms with Crippen LogP contribution in [0.3, 0.4) is 0 Å². The maximum absolute atomic E-state index is 11.7. The second-order valence-corrected chi connectivity index (χ2v) is 3.01. The number of alkyl halides is 3. The highest BCUT2D eigenvalue weighted by Gasteiger charge is 2.27. The first kappa shape index (κ1) is 11.0. The molecule has 0 unspecified atom stereocenters. The quantitative estimate of drug-likeness (QED) is 0.757. The van der Waals surface area contributed by atoms with E-state index in [9.17, 15) is 13.2 Å². The summed E-state index contributed by atoms with van der Waals surface area (Å²) >= 11 is 0. The number of aryl methyl sites for hydroxylation is 2. The lowest BCUT2D eigenvalue weighted by Gasteiger charge is -2.05. The fourth-order valence-electron chi connectivity index (χ4n) is 0.977. The predicted octanol–water partition coefficient (Wildman–Crippen LogP) is 1.81. The van der Waals surface area contributed by atoms with Gasteiger partial charge in [-0.25, -0.2) is 0 Å². The summed E-state index contributed by atoms with van der Waals surface area (Å²) in [5.74, 6) is 0. The maximum atomic E-state index is 11.7. The molecule has 3 nitrogen and oxygen atoms in total. The zero-order chi connectivity index (χ0) is 10.8. The lowest BCUT2D eigenvalue weighted by molar-refractivity contribution is -0.176. The van der Waals surface area contributed by atoms with Crippen molar-refractivity contribution in [3.05, 3.63) is 17.5 Å². The van der Waals surface area contributed by atoms with Gasteiger partial charge in [0.15, 0.2) is 0 Å². The molecule has 0 aliphatic rings. The fourth-order valence-corrected chi connectivity index (χ4v) is 0.977. The van der Waals surface area contributed by atoms with Crippen molar-refractivity contribution < 1.29 is 17.9 Å². The first-order valence-electron chi connectivity index (χ1n) is 4.02. The lowest BCUT2D eigenvalue weighted by Crippen LogP contribution is -2.16. The summed E-state index contributed by atoms with van der Waals surface area (Å²) < 4.78 is 41.1.